The summed E-state index contributed by atoms with van der Waals surface area (Å²) in [6, 6.07) is 5.17. The van der Waals surface area contributed by atoms with E-state index >= 15 is 0 Å². The molecular weight excluding hydrogens is 233 g/mol. The molecular formula is C14H18FNS. The highest BCUT2D eigenvalue weighted by molar-refractivity contribution is 7.18. The van der Waals surface area contributed by atoms with Crippen molar-refractivity contribution in [3.63, 3.8) is 0 Å². The van der Waals surface area contributed by atoms with E-state index in [9.17, 15) is 4.39 Å². The van der Waals surface area contributed by atoms with E-state index in [1.807, 2.05) is 6.07 Å². The van der Waals surface area contributed by atoms with Crippen LogP contribution >= 0.6 is 11.3 Å². The fraction of sp³-hybridized carbons (Fsp3) is 0.500. The molecule has 0 fully saturated rings. The number of hydrogen-bond acceptors (Lipinski definition) is 2. The fourth-order valence-electron chi connectivity index (χ4n) is 1.95. The molecule has 0 radical (unpaired) electrons. The number of aromatic nitrogens is 1. The number of rotatable bonds is 6. The van der Waals surface area contributed by atoms with Gasteiger partial charge in [-0.2, -0.15) is 0 Å². The number of benzene rings is 1. The summed E-state index contributed by atoms with van der Waals surface area (Å²) in [7, 11) is 0. The molecule has 0 aliphatic carbocycles. The molecule has 1 nitrogen and oxygen atoms in total. The van der Waals surface area contributed by atoms with Crippen molar-refractivity contribution < 1.29 is 4.39 Å². The summed E-state index contributed by atoms with van der Waals surface area (Å²) in [5.74, 6) is -0.198. The maximum Gasteiger partial charge on any atom is 0.150 e. The quantitative estimate of drug-likeness (QED) is 0.662. The largest absolute Gasteiger partial charge is 0.238 e. The molecule has 1 aromatic carbocycles. The Labute approximate surface area is 106 Å². The van der Waals surface area contributed by atoms with Crippen molar-refractivity contribution in [2.45, 2.75) is 45.4 Å². The lowest BCUT2D eigenvalue weighted by atomic mass is 10.1. The van der Waals surface area contributed by atoms with Gasteiger partial charge in [-0.3, -0.25) is 0 Å². The zero-order chi connectivity index (χ0) is 12.1. The van der Waals surface area contributed by atoms with Gasteiger partial charge in [-0.25, -0.2) is 9.37 Å². The SMILES string of the molecule is CCCCCCCc1nc2c(F)cccc2s1. The van der Waals surface area contributed by atoms with Crippen molar-refractivity contribution in [3.05, 3.63) is 29.0 Å². The molecule has 0 aliphatic rings. The van der Waals surface area contributed by atoms with Crippen LogP contribution in [0, 0.1) is 5.82 Å². The molecule has 0 atom stereocenters. The van der Waals surface area contributed by atoms with Crippen LogP contribution in [0.3, 0.4) is 0 Å². The first-order valence-corrected chi connectivity index (χ1v) is 7.17. The van der Waals surface area contributed by atoms with Crippen LogP contribution in [-0.2, 0) is 6.42 Å². The van der Waals surface area contributed by atoms with Gasteiger partial charge in [0, 0.05) is 0 Å². The van der Waals surface area contributed by atoms with Crippen LogP contribution in [0.1, 0.15) is 44.0 Å². The van der Waals surface area contributed by atoms with E-state index in [0.29, 0.717) is 5.52 Å². The van der Waals surface area contributed by atoms with Crippen LogP contribution in [0.15, 0.2) is 18.2 Å². The molecule has 0 unspecified atom stereocenters. The van der Waals surface area contributed by atoms with Crippen molar-refractivity contribution in [1.29, 1.82) is 0 Å². The number of hydrogen-bond donors (Lipinski definition) is 0. The summed E-state index contributed by atoms with van der Waals surface area (Å²) >= 11 is 1.62. The first-order chi connectivity index (χ1) is 8.31. The Morgan fingerprint density at radius 2 is 2.00 bits per heavy atom. The Kier molecular flexibility index (Phi) is 4.49. The number of fused-ring (bicyclic) bond motifs is 1. The minimum absolute atomic E-state index is 0.198. The zero-order valence-electron chi connectivity index (χ0n) is 10.2. The van der Waals surface area contributed by atoms with E-state index in [1.54, 1.807) is 17.4 Å². The van der Waals surface area contributed by atoms with Crippen LogP contribution in [0.4, 0.5) is 4.39 Å². The Morgan fingerprint density at radius 1 is 1.18 bits per heavy atom. The van der Waals surface area contributed by atoms with Gasteiger partial charge in [0.15, 0.2) is 0 Å². The highest BCUT2D eigenvalue weighted by Crippen LogP contribution is 2.25. The minimum Gasteiger partial charge on any atom is -0.238 e. The Hall–Kier alpha value is -0.960. The second kappa shape index (κ2) is 6.10. The number of aryl methyl sites for hydroxylation is 1. The lowest BCUT2D eigenvalue weighted by Gasteiger charge is -1.96. The monoisotopic (exact) mass is 251 g/mol. The minimum atomic E-state index is -0.198. The third-order valence-electron chi connectivity index (χ3n) is 2.91. The standard InChI is InChI=1S/C14H18FNS/c1-2-3-4-5-6-10-13-16-14-11(15)8-7-9-12(14)17-13/h7-9H,2-6,10H2,1H3. The molecule has 3 heteroatoms. The third kappa shape index (κ3) is 3.25. The van der Waals surface area contributed by atoms with Gasteiger partial charge in [-0.1, -0.05) is 38.7 Å². The molecule has 0 spiro atoms. The van der Waals surface area contributed by atoms with Gasteiger partial charge in [0.2, 0.25) is 0 Å². The molecule has 2 aromatic rings. The van der Waals surface area contributed by atoms with Gasteiger partial charge in [-0.15, -0.1) is 11.3 Å². The van der Waals surface area contributed by atoms with Gasteiger partial charge in [0.05, 0.1) is 9.71 Å². The highest BCUT2D eigenvalue weighted by Gasteiger charge is 2.07. The van der Waals surface area contributed by atoms with Crippen molar-refractivity contribution in [2.24, 2.45) is 0 Å². The molecule has 1 aromatic heterocycles. The topological polar surface area (TPSA) is 12.9 Å². The molecule has 1 heterocycles. The van der Waals surface area contributed by atoms with E-state index < -0.39 is 0 Å². The molecule has 0 saturated carbocycles. The molecule has 0 bridgehead atoms. The Balaban J connectivity index is 1.93. The maximum absolute atomic E-state index is 13.4. The van der Waals surface area contributed by atoms with Crippen LogP contribution in [0.25, 0.3) is 10.2 Å². The molecule has 92 valence electrons. The first kappa shape index (κ1) is 12.5. The van der Waals surface area contributed by atoms with Crippen LogP contribution in [0.5, 0.6) is 0 Å². The molecule has 0 amide bonds. The van der Waals surface area contributed by atoms with Crippen LogP contribution in [0.2, 0.25) is 0 Å². The van der Waals surface area contributed by atoms with Gasteiger partial charge >= 0.3 is 0 Å². The molecule has 2 rings (SSSR count). The number of halogens is 1. The molecule has 17 heavy (non-hydrogen) atoms. The Morgan fingerprint density at radius 3 is 2.76 bits per heavy atom. The zero-order valence-corrected chi connectivity index (χ0v) is 11.0. The van der Waals surface area contributed by atoms with Gasteiger partial charge in [0.1, 0.15) is 11.3 Å². The Bertz CT molecular complexity index is 478. The van der Waals surface area contributed by atoms with E-state index in [2.05, 4.69) is 11.9 Å². The molecule has 0 saturated heterocycles. The van der Waals surface area contributed by atoms with Crippen LogP contribution < -0.4 is 0 Å². The summed E-state index contributed by atoms with van der Waals surface area (Å²) in [5, 5.41) is 1.07. The predicted octanol–water partition coefficient (Wildman–Crippen LogP) is 4.95. The van der Waals surface area contributed by atoms with Crippen molar-refractivity contribution >= 4 is 21.6 Å². The number of thiazole rings is 1. The number of nitrogens with zero attached hydrogens (tertiary/aromatic N) is 1. The average molecular weight is 251 g/mol. The van der Waals surface area contributed by atoms with Gasteiger partial charge in [-0.05, 0) is 25.0 Å². The lowest BCUT2D eigenvalue weighted by Crippen LogP contribution is -1.85. The van der Waals surface area contributed by atoms with E-state index in [0.717, 1.165) is 16.1 Å². The van der Waals surface area contributed by atoms with Crippen molar-refractivity contribution in [3.8, 4) is 0 Å². The first-order valence-electron chi connectivity index (χ1n) is 6.35. The summed E-state index contributed by atoms with van der Waals surface area (Å²) in [6.45, 7) is 2.22. The van der Waals surface area contributed by atoms with E-state index in [1.165, 1.54) is 38.2 Å². The summed E-state index contributed by atoms with van der Waals surface area (Å²) in [4.78, 5) is 4.37. The predicted molar refractivity (Wildman–Crippen MR) is 72.0 cm³/mol. The lowest BCUT2D eigenvalue weighted by molar-refractivity contribution is 0.628. The maximum atomic E-state index is 13.4. The summed E-state index contributed by atoms with van der Waals surface area (Å²) in [6.07, 6.45) is 7.30. The number of unbranched alkanes of at least 4 members (excludes halogenated alkanes) is 4. The van der Waals surface area contributed by atoms with Crippen molar-refractivity contribution in [1.82, 2.24) is 4.98 Å². The molecule has 0 aliphatic heterocycles. The van der Waals surface area contributed by atoms with Crippen LogP contribution in [-0.4, -0.2) is 4.98 Å². The summed E-state index contributed by atoms with van der Waals surface area (Å²) < 4.78 is 14.4. The third-order valence-corrected chi connectivity index (χ3v) is 3.99. The van der Waals surface area contributed by atoms with Crippen molar-refractivity contribution in [2.75, 3.05) is 0 Å². The molecule has 0 N–H and O–H groups in total. The normalized spacial score (nSPS) is 11.2. The highest BCUT2D eigenvalue weighted by atomic mass is 32.1. The van der Waals surface area contributed by atoms with Gasteiger partial charge < -0.3 is 0 Å². The number of para-hydroxylation sites is 1. The second-order valence-corrected chi connectivity index (χ2v) is 5.47. The fourth-order valence-corrected chi connectivity index (χ4v) is 2.97. The second-order valence-electron chi connectivity index (χ2n) is 4.36. The van der Waals surface area contributed by atoms with E-state index in [-0.39, 0.29) is 5.82 Å². The summed E-state index contributed by atoms with van der Waals surface area (Å²) in [5.41, 5.74) is 0.543. The van der Waals surface area contributed by atoms with Gasteiger partial charge in [0.25, 0.3) is 0 Å². The van der Waals surface area contributed by atoms with E-state index in [4.69, 9.17) is 0 Å². The average Bonchev–Trinajstić information content (AvgIpc) is 2.73. The smallest absolute Gasteiger partial charge is 0.150 e.